The molecule has 11 heteroatoms. The van der Waals surface area contributed by atoms with E-state index in [0.29, 0.717) is 29.1 Å². The normalized spacial score (nSPS) is 15.1. The lowest BCUT2D eigenvalue weighted by Crippen LogP contribution is -2.15. The van der Waals surface area contributed by atoms with Crippen molar-refractivity contribution < 1.29 is 9.34 Å². The summed E-state index contributed by atoms with van der Waals surface area (Å²) in [5.41, 5.74) is 0.653. The maximum Gasteiger partial charge on any atom is 0.269 e. The van der Waals surface area contributed by atoms with Gasteiger partial charge in [-0.15, -0.1) is 15.3 Å². The van der Waals surface area contributed by atoms with Gasteiger partial charge in [-0.25, -0.2) is 4.68 Å². The average molecular weight is 387 g/mol. The zero-order valence-electron chi connectivity index (χ0n) is 14.4. The molecular formula is C16H17N7O3S. The van der Waals surface area contributed by atoms with Crippen LogP contribution in [0.15, 0.2) is 33.8 Å². The third kappa shape index (κ3) is 3.97. The Balaban J connectivity index is 1.41. The van der Waals surface area contributed by atoms with E-state index in [9.17, 15) is 10.1 Å². The van der Waals surface area contributed by atoms with E-state index < -0.39 is 4.92 Å². The largest absolute Gasteiger partial charge is 0.420 e. The van der Waals surface area contributed by atoms with Crippen LogP contribution in [-0.4, -0.2) is 35.3 Å². The van der Waals surface area contributed by atoms with Gasteiger partial charge in [0.2, 0.25) is 16.9 Å². The number of tetrazole rings is 1. The fourth-order valence-corrected chi connectivity index (χ4v) is 3.90. The third-order valence-corrected chi connectivity index (χ3v) is 5.42. The van der Waals surface area contributed by atoms with Crippen LogP contribution in [0.4, 0.5) is 5.69 Å². The van der Waals surface area contributed by atoms with E-state index in [1.165, 1.54) is 43.2 Å². The molecule has 0 radical (unpaired) electrons. The van der Waals surface area contributed by atoms with E-state index in [1.807, 2.05) is 4.68 Å². The Morgan fingerprint density at radius 3 is 2.67 bits per heavy atom. The molecule has 1 aliphatic carbocycles. The van der Waals surface area contributed by atoms with Gasteiger partial charge in [0, 0.05) is 17.7 Å². The molecule has 0 unspecified atom stereocenters. The number of aromatic nitrogens is 6. The van der Waals surface area contributed by atoms with Crippen LogP contribution >= 0.6 is 11.8 Å². The van der Waals surface area contributed by atoms with Gasteiger partial charge in [0.1, 0.15) is 0 Å². The zero-order valence-corrected chi connectivity index (χ0v) is 15.2. The quantitative estimate of drug-likeness (QED) is 0.355. The predicted molar refractivity (Wildman–Crippen MR) is 95.9 cm³/mol. The summed E-state index contributed by atoms with van der Waals surface area (Å²) >= 11 is 1.46. The lowest BCUT2D eigenvalue weighted by molar-refractivity contribution is -0.384. The number of nitrogens with zero attached hydrogens (tertiary/aromatic N) is 7. The molecule has 0 bridgehead atoms. The van der Waals surface area contributed by atoms with E-state index in [2.05, 4.69) is 25.7 Å². The van der Waals surface area contributed by atoms with Crippen LogP contribution in [0.25, 0.3) is 11.5 Å². The molecule has 1 saturated carbocycles. The first-order valence-electron chi connectivity index (χ1n) is 8.68. The molecule has 0 N–H and O–H groups in total. The summed E-state index contributed by atoms with van der Waals surface area (Å²) in [5, 5.41) is 31.6. The maximum absolute atomic E-state index is 10.7. The Bertz CT molecular complexity index is 918. The topological polar surface area (TPSA) is 126 Å². The van der Waals surface area contributed by atoms with Gasteiger partial charge in [0.15, 0.2) is 0 Å². The van der Waals surface area contributed by atoms with E-state index >= 15 is 0 Å². The Morgan fingerprint density at radius 2 is 1.93 bits per heavy atom. The molecule has 1 aromatic carbocycles. The number of benzene rings is 1. The molecule has 2 heterocycles. The highest BCUT2D eigenvalue weighted by atomic mass is 32.2. The predicted octanol–water partition coefficient (Wildman–Crippen LogP) is 3.43. The molecule has 0 spiro atoms. The smallest absolute Gasteiger partial charge is 0.269 e. The fourth-order valence-electron chi connectivity index (χ4n) is 3.12. The first-order valence-corrected chi connectivity index (χ1v) is 9.67. The molecule has 1 fully saturated rings. The fraction of sp³-hybridized carbons (Fsp3) is 0.438. The molecule has 3 aromatic rings. The Labute approximate surface area is 158 Å². The molecule has 27 heavy (non-hydrogen) atoms. The lowest BCUT2D eigenvalue weighted by atomic mass is 9.96. The van der Waals surface area contributed by atoms with Gasteiger partial charge in [-0.1, -0.05) is 31.0 Å². The summed E-state index contributed by atoms with van der Waals surface area (Å²) in [6, 6.07) is 6.35. The molecule has 2 aromatic heterocycles. The summed E-state index contributed by atoms with van der Waals surface area (Å²) in [6.07, 6.45) is 5.88. The number of nitro groups is 1. The number of hydrogen-bond acceptors (Lipinski definition) is 9. The van der Waals surface area contributed by atoms with Crippen molar-refractivity contribution in [3.63, 3.8) is 0 Å². The highest BCUT2D eigenvalue weighted by Crippen LogP contribution is 2.31. The second-order valence-corrected chi connectivity index (χ2v) is 7.23. The Kier molecular flexibility index (Phi) is 5.10. The van der Waals surface area contributed by atoms with Gasteiger partial charge < -0.3 is 4.42 Å². The van der Waals surface area contributed by atoms with Crippen molar-refractivity contribution >= 4 is 17.4 Å². The third-order valence-electron chi connectivity index (χ3n) is 4.50. The van der Waals surface area contributed by atoms with E-state index in [1.54, 1.807) is 12.1 Å². The number of nitro benzene ring substituents is 1. The minimum Gasteiger partial charge on any atom is -0.420 e. The van der Waals surface area contributed by atoms with Crippen molar-refractivity contribution in [1.82, 2.24) is 30.4 Å². The minimum atomic E-state index is -0.448. The number of rotatable bonds is 6. The van der Waals surface area contributed by atoms with Crippen LogP contribution in [0.3, 0.4) is 0 Å². The summed E-state index contributed by atoms with van der Waals surface area (Å²) in [5.74, 6) is 1.23. The van der Waals surface area contributed by atoms with Crippen molar-refractivity contribution in [3.05, 3.63) is 40.3 Å². The minimum absolute atomic E-state index is 0.0172. The van der Waals surface area contributed by atoms with Crippen molar-refractivity contribution in [1.29, 1.82) is 0 Å². The highest BCUT2D eigenvalue weighted by Gasteiger charge is 2.21. The van der Waals surface area contributed by atoms with Crippen LogP contribution in [0, 0.1) is 10.1 Å². The molecule has 0 aliphatic heterocycles. The summed E-state index contributed by atoms with van der Waals surface area (Å²) < 4.78 is 7.56. The van der Waals surface area contributed by atoms with Gasteiger partial charge in [-0.05, 0) is 35.4 Å². The molecule has 10 nitrogen and oxygen atoms in total. The Hall–Kier alpha value is -2.82. The maximum atomic E-state index is 10.7. The van der Waals surface area contributed by atoms with Crippen molar-refractivity contribution in [2.24, 2.45) is 0 Å². The van der Waals surface area contributed by atoms with Gasteiger partial charge >= 0.3 is 0 Å². The van der Waals surface area contributed by atoms with Crippen LogP contribution < -0.4 is 0 Å². The van der Waals surface area contributed by atoms with E-state index in [4.69, 9.17) is 4.42 Å². The van der Waals surface area contributed by atoms with Gasteiger partial charge in [-0.3, -0.25) is 10.1 Å². The van der Waals surface area contributed by atoms with Gasteiger partial charge in [0.25, 0.3) is 5.69 Å². The first kappa shape index (κ1) is 17.6. The van der Waals surface area contributed by atoms with Crippen LogP contribution in [0.5, 0.6) is 0 Å². The number of hydrogen-bond donors (Lipinski definition) is 0. The SMILES string of the molecule is O=[N+]([O-])c1ccc(-c2nnc(CSc3nnnn3C3CCCCC3)o2)cc1. The van der Waals surface area contributed by atoms with Crippen LogP contribution in [0.2, 0.25) is 0 Å². The zero-order chi connectivity index (χ0) is 18.6. The van der Waals surface area contributed by atoms with Crippen LogP contribution in [0.1, 0.15) is 44.0 Å². The summed E-state index contributed by atoms with van der Waals surface area (Å²) in [4.78, 5) is 10.3. The van der Waals surface area contributed by atoms with Gasteiger partial charge in [0.05, 0.1) is 16.7 Å². The number of thioether (sulfide) groups is 1. The second-order valence-electron chi connectivity index (χ2n) is 6.29. The molecule has 140 valence electrons. The van der Waals surface area contributed by atoms with Crippen molar-refractivity contribution in [2.45, 2.75) is 49.1 Å². The molecule has 0 saturated heterocycles. The van der Waals surface area contributed by atoms with Crippen molar-refractivity contribution in [2.75, 3.05) is 0 Å². The standard InChI is InChI=1S/C16H17N7O3S/c24-23(25)13-8-6-11(7-9-13)15-18-17-14(26-15)10-27-16-19-20-21-22(16)12-4-2-1-3-5-12/h6-9,12H,1-5,10H2. The summed E-state index contributed by atoms with van der Waals surface area (Å²) in [7, 11) is 0. The molecule has 1 aliphatic rings. The lowest BCUT2D eigenvalue weighted by Gasteiger charge is -2.21. The molecular weight excluding hydrogens is 370 g/mol. The average Bonchev–Trinajstić information content (AvgIpc) is 3.36. The second kappa shape index (κ2) is 7.82. The number of non-ortho nitro benzene ring substituents is 1. The van der Waals surface area contributed by atoms with Gasteiger partial charge in [-0.2, -0.15) is 0 Å². The highest BCUT2D eigenvalue weighted by molar-refractivity contribution is 7.98. The monoisotopic (exact) mass is 387 g/mol. The van der Waals surface area contributed by atoms with E-state index in [0.717, 1.165) is 18.0 Å². The molecule has 0 atom stereocenters. The first-order chi connectivity index (χ1) is 13.2. The summed E-state index contributed by atoms with van der Waals surface area (Å²) in [6.45, 7) is 0. The van der Waals surface area contributed by atoms with E-state index in [-0.39, 0.29) is 5.69 Å². The molecule has 0 amide bonds. The molecule has 4 rings (SSSR count). The Morgan fingerprint density at radius 1 is 1.15 bits per heavy atom. The van der Waals surface area contributed by atoms with Crippen LogP contribution in [-0.2, 0) is 5.75 Å². The van der Waals surface area contributed by atoms with Crippen molar-refractivity contribution in [3.8, 4) is 11.5 Å².